The van der Waals surface area contributed by atoms with Crippen molar-refractivity contribution in [3.63, 3.8) is 0 Å². The maximum atomic E-state index is 11.9. The number of pyridine rings is 1. The first kappa shape index (κ1) is 23.2. The lowest BCUT2D eigenvalue weighted by atomic mass is 10.2. The highest BCUT2D eigenvalue weighted by Crippen LogP contribution is 2.05. The van der Waals surface area contributed by atoms with E-state index >= 15 is 0 Å². The van der Waals surface area contributed by atoms with E-state index in [1.807, 2.05) is 23.6 Å². The van der Waals surface area contributed by atoms with Crippen LogP contribution in [0.5, 0.6) is 0 Å². The summed E-state index contributed by atoms with van der Waals surface area (Å²) in [6, 6.07) is 6.56. The molecule has 0 unspecified atom stereocenters. The highest BCUT2D eigenvalue weighted by molar-refractivity contribution is 5.79. The van der Waals surface area contributed by atoms with E-state index in [0.29, 0.717) is 12.1 Å². The van der Waals surface area contributed by atoms with Crippen LogP contribution in [-0.4, -0.2) is 54.2 Å². The smallest absolute Gasteiger partial charge is 0.250 e. The summed E-state index contributed by atoms with van der Waals surface area (Å²) in [5.74, 6) is 0.851. The van der Waals surface area contributed by atoms with Crippen LogP contribution in [0.4, 0.5) is 0 Å². The van der Waals surface area contributed by atoms with E-state index in [1.54, 1.807) is 13.1 Å². The third-order valence-electron chi connectivity index (χ3n) is 4.80. The van der Waals surface area contributed by atoms with E-state index < -0.39 is 0 Å². The topological polar surface area (TPSA) is 61.7 Å². The lowest BCUT2D eigenvalue weighted by Crippen LogP contribution is -2.41. The average molecular weight is 378 g/mol. The molecular weight excluding hydrogens is 338 g/mol. The van der Waals surface area contributed by atoms with Gasteiger partial charge in [-0.05, 0) is 59.9 Å². The van der Waals surface area contributed by atoms with Crippen LogP contribution in [0.3, 0.4) is 0 Å². The Bertz CT molecular complexity index is 613. The lowest BCUT2D eigenvalue weighted by Gasteiger charge is -2.30. The number of unbranched alkanes of at least 4 members (excludes halogenated alkanes) is 1. The minimum atomic E-state index is 0.0808. The van der Waals surface area contributed by atoms with Crippen molar-refractivity contribution in [2.75, 3.05) is 26.7 Å². The van der Waals surface area contributed by atoms with Crippen molar-refractivity contribution in [1.29, 1.82) is 0 Å². The molecule has 2 N–H and O–H groups in total. The fourth-order valence-corrected chi connectivity index (χ4v) is 3.31. The van der Waals surface area contributed by atoms with Gasteiger partial charge in [0.25, 0.3) is 5.56 Å². The van der Waals surface area contributed by atoms with Crippen LogP contribution in [0.25, 0.3) is 0 Å². The monoisotopic (exact) mass is 377 g/mol. The number of rotatable bonds is 11. The van der Waals surface area contributed by atoms with Crippen molar-refractivity contribution < 1.29 is 0 Å². The quantitative estimate of drug-likeness (QED) is 0.353. The van der Waals surface area contributed by atoms with E-state index in [4.69, 9.17) is 0 Å². The Morgan fingerprint density at radius 1 is 1.07 bits per heavy atom. The normalized spacial score (nSPS) is 12.3. The Labute approximate surface area is 165 Å². The van der Waals surface area contributed by atoms with Gasteiger partial charge in [0.2, 0.25) is 0 Å². The number of hydrogen-bond donors (Lipinski definition) is 2. The van der Waals surface area contributed by atoms with Gasteiger partial charge >= 0.3 is 0 Å². The summed E-state index contributed by atoms with van der Waals surface area (Å²) in [5, 5.41) is 6.74. The van der Waals surface area contributed by atoms with E-state index in [9.17, 15) is 4.79 Å². The zero-order valence-corrected chi connectivity index (χ0v) is 18.1. The van der Waals surface area contributed by atoms with Crippen LogP contribution in [0.15, 0.2) is 28.0 Å². The number of nitrogens with zero attached hydrogens (tertiary/aromatic N) is 3. The van der Waals surface area contributed by atoms with E-state index in [1.165, 1.54) is 0 Å². The predicted molar refractivity (Wildman–Crippen MR) is 116 cm³/mol. The lowest BCUT2D eigenvalue weighted by molar-refractivity contribution is 0.173. The predicted octanol–water partition coefficient (Wildman–Crippen LogP) is 2.61. The van der Waals surface area contributed by atoms with E-state index in [0.717, 1.165) is 57.1 Å². The molecule has 0 aliphatic carbocycles. The molecular formula is C21H39N5O. The minimum absolute atomic E-state index is 0.0808. The number of hydrogen-bond acceptors (Lipinski definition) is 3. The second kappa shape index (κ2) is 12.5. The van der Waals surface area contributed by atoms with Crippen LogP contribution in [0.2, 0.25) is 0 Å². The summed E-state index contributed by atoms with van der Waals surface area (Å²) < 4.78 is 1.84. The Kier molecular flexibility index (Phi) is 10.8. The minimum Gasteiger partial charge on any atom is -0.356 e. The van der Waals surface area contributed by atoms with Crippen molar-refractivity contribution in [1.82, 2.24) is 20.1 Å². The molecule has 1 aromatic heterocycles. The molecule has 1 heterocycles. The van der Waals surface area contributed by atoms with E-state index in [2.05, 4.69) is 48.2 Å². The number of aromatic nitrogens is 1. The van der Waals surface area contributed by atoms with Gasteiger partial charge in [-0.1, -0.05) is 6.07 Å². The van der Waals surface area contributed by atoms with Crippen LogP contribution >= 0.6 is 0 Å². The van der Waals surface area contributed by atoms with E-state index in [-0.39, 0.29) is 5.56 Å². The van der Waals surface area contributed by atoms with Crippen LogP contribution < -0.4 is 16.2 Å². The molecule has 0 aliphatic heterocycles. The van der Waals surface area contributed by atoms with Crippen molar-refractivity contribution in [3.05, 3.63) is 34.2 Å². The molecule has 0 atom stereocenters. The second-order valence-corrected chi connectivity index (χ2v) is 7.57. The van der Waals surface area contributed by atoms with Crippen LogP contribution in [-0.2, 0) is 6.54 Å². The van der Waals surface area contributed by atoms with Gasteiger partial charge in [-0.3, -0.25) is 14.7 Å². The third kappa shape index (κ3) is 8.61. The third-order valence-corrected chi connectivity index (χ3v) is 4.80. The largest absolute Gasteiger partial charge is 0.356 e. The molecule has 154 valence electrons. The first-order valence-electron chi connectivity index (χ1n) is 10.2. The number of aryl methyl sites for hydroxylation is 1. The summed E-state index contributed by atoms with van der Waals surface area (Å²) in [7, 11) is 1.80. The Morgan fingerprint density at radius 3 is 2.26 bits per heavy atom. The summed E-state index contributed by atoms with van der Waals surface area (Å²) in [5.41, 5.74) is 1.10. The van der Waals surface area contributed by atoms with Crippen molar-refractivity contribution in [2.24, 2.45) is 4.99 Å². The van der Waals surface area contributed by atoms with Gasteiger partial charge in [-0.25, -0.2) is 0 Å². The first-order valence-corrected chi connectivity index (χ1v) is 10.2. The molecule has 6 heteroatoms. The second-order valence-electron chi connectivity index (χ2n) is 7.57. The molecule has 0 saturated carbocycles. The maximum Gasteiger partial charge on any atom is 0.250 e. The highest BCUT2D eigenvalue weighted by atomic mass is 16.1. The number of nitrogens with one attached hydrogen (secondary N) is 2. The molecule has 6 nitrogen and oxygen atoms in total. The SMILES string of the molecule is CN=C(NCCCCn1c(C)cccc1=O)NCCCN(C(C)C)C(C)C. The van der Waals surface area contributed by atoms with Gasteiger partial charge in [0.15, 0.2) is 5.96 Å². The first-order chi connectivity index (χ1) is 12.9. The maximum absolute atomic E-state index is 11.9. The van der Waals surface area contributed by atoms with Crippen LogP contribution in [0, 0.1) is 6.92 Å². The van der Waals surface area contributed by atoms with Crippen molar-refractivity contribution in [2.45, 2.75) is 72.5 Å². The molecule has 0 saturated heterocycles. The highest BCUT2D eigenvalue weighted by Gasteiger charge is 2.12. The van der Waals surface area contributed by atoms with Gasteiger partial charge in [0.05, 0.1) is 0 Å². The van der Waals surface area contributed by atoms with Gasteiger partial charge in [0.1, 0.15) is 0 Å². The fourth-order valence-electron chi connectivity index (χ4n) is 3.31. The molecule has 0 aromatic carbocycles. The number of guanidine groups is 1. The standard InChI is InChI=1S/C21H39N5O/c1-17(2)25(18(3)4)16-10-14-24-21(22-6)23-13-7-8-15-26-19(5)11-9-12-20(26)27/h9,11-12,17-18H,7-8,10,13-16H2,1-6H3,(H2,22,23,24). The molecule has 1 rings (SSSR count). The van der Waals surface area contributed by atoms with Gasteiger partial charge in [-0.2, -0.15) is 0 Å². The van der Waals surface area contributed by atoms with Gasteiger partial charge in [-0.15, -0.1) is 0 Å². The Balaban J connectivity index is 2.22. The summed E-state index contributed by atoms with van der Waals surface area (Å²) in [6.45, 7) is 14.6. The molecule has 0 spiro atoms. The number of aliphatic imine (C=N–C) groups is 1. The zero-order valence-electron chi connectivity index (χ0n) is 18.1. The molecule has 0 amide bonds. The van der Waals surface area contributed by atoms with Crippen LogP contribution in [0.1, 0.15) is 52.7 Å². The van der Waals surface area contributed by atoms with Crippen molar-refractivity contribution in [3.8, 4) is 0 Å². The van der Waals surface area contributed by atoms with Gasteiger partial charge < -0.3 is 15.2 Å². The molecule has 1 aromatic rings. The molecule has 0 radical (unpaired) electrons. The fraction of sp³-hybridized carbons (Fsp3) is 0.714. The van der Waals surface area contributed by atoms with Gasteiger partial charge in [0, 0.05) is 57.1 Å². The average Bonchev–Trinajstić information content (AvgIpc) is 2.60. The molecule has 0 bridgehead atoms. The summed E-state index contributed by atoms with van der Waals surface area (Å²) in [4.78, 5) is 18.6. The molecule has 0 aliphatic rings. The zero-order chi connectivity index (χ0) is 20.2. The Hall–Kier alpha value is -1.82. The van der Waals surface area contributed by atoms with Crippen molar-refractivity contribution >= 4 is 5.96 Å². The Morgan fingerprint density at radius 2 is 1.70 bits per heavy atom. The molecule has 0 fully saturated rings. The summed E-state index contributed by atoms with van der Waals surface area (Å²) >= 11 is 0. The molecule has 27 heavy (non-hydrogen) atoms. The summed E-state index contributed by atoms with van der Waals surface area (Å²) in [6.07, 6.45) is 3.05.